The lowest BCUT2D eigenvalue weighted by atomic mass is 10.1. The summed E-state index contributed by atoms with van der Waals surface area (Å²) in [5.74, 6) is 0.731. The van der Waals surface area contributed by atoms with E-state index in [4.69, 9.17) is 9.47 Å². The predicted octanol–water partition coefficient (Wildman–Crippen LogP) is 1.66. The fourth-order valence-corrected chi connectivity index (χ4v) is 2.46. The van der Waals surface area contributed by atoms with E-state index >= 15 is 0 Å². The number of nitrogens with one attached hydrogen (secondary N) is 1. The number of ether oxygens (including phenoxy) is 2. The third-order valence-electron chi connectivity index (χ3n) is 2.62. The van der Waals surface area contributed by atoms with Gasteiger partial charge in [-0.15, -0.1) is 0 Å². The molecule has 2 heterocycles. The Morgan fingerprint density at radius 1 is 1.69 bits per heavy atom. The summed E-state index contributed by atoms with van der Waals surface area (Å²) in [6, 6.07) is 0.283. The topological polar surface area (TPSA) is 56.3 Å². The number of rotatable bonds is 5. The smallest absolute Gasteiger partial charge is 0.202 e. The molecule has 0 aromatic carbocycles. The summed E-state index contributed by atoms with van der Waals surface area (Å²) < 4.78 is 14.8. The van der Waals surface area contributed by atoms with Gasteiger partial charge in [-0.25, -0.2) is 4.98 Å². The molecule has 0 bridgehead atoms. The molecule has 0 spiro atoms. The number of anilines is 1. The van der Waals surface area contributed by atoms with Gasteiger partial charge in [0.15, 0.2) is 5.82 Å². The average Bonchev–Trinajstić information content (AvgIpc) is 2.89. The zero-order valence-corrected chi connectivity index (χ0v) is 10.4. The average molecular weight is 243 g/mol. The highest BCUT2D eigenvalue weighted by Gasteiger charge is 2.22. The van der Waals surface area contributed by atoms with E-state index in [1.807, 2.05) is 0 Å². The molecule has 1 aromatic heterocycles. The maximum absolute atomic E-state index is 5.61. The lowest BCUT2D eigenvalue weighted by Crippen LogP contribution is -2.29. The zero-order valence-electron chi connectivity index (χ0n) is 9.60. The van der Waals surface area contributed by atoms with Gasteiger partial charge in [0.2, 0.25) is 5.13 Å². The molecule has 1 aromatic rings. The van der Waals surface area contributed by atoms with Crippen molar-refractivity contribution in [2.75, 3.05) is 19.0 Å². The van der Waals surface area contributed by atoms with Crippen LogP contribution in [0.4, 0.5) is 5.13 Å². The van der Waals surface area contributed by atoms with E-state index in [9.17, 15) is 0 Å². The van der Waals surface area contributed by atoms with Gasteiger partial charge in [-0.2, -0.15) is 4.37 Å². The van der Waals surface area contributed by atoms with Crippen molar-refractivity contribution in [2.45, 2.75) is 38.5 Å². The molecule has 6 heteroatoms. The summed E-state index contributed by atoms with van der Waals surface area (Å²) in [4.78, 5) is 4.33. The first-order chi connectivity index (χ1) is 7.79. The maximum atomic E-state index is 5.61. The highest BCUT2D eigenvalue weighted by Crippen LogP contribution is 2.20. The van der Waals surface area contributed by atoms with Crippen LogP contribution < -0.4 is 5.32 Å². The molecule has 0 saturated carbocycles. The summed E-state index contributed by atoms with van der Waals surface area (Å²) in [6.07, 6.45) is 2.58. The van der Waals surface area contributed by atoms with Gasteiger partial charge >= 0.3 is 0 Å². The molecule has 2 atom stereocenters. The summed E-state index contributed by atoms with van der Waals surface area (Å²) in [5.41, 5.74) is 0. The lowest BCUT2D eigenvalue weighted by Gasteiger charge is -2.18. The first-order valence-electron chi connectivity index (χ1n) is 5.49. The second kappa shape index (κ2) is 5.56. The third-order valence-corrected chi connectivity index (χ3v) is 3.30. The molecule has 0 unspecified atom stereocenters. The molecule has 0 aliphatic carbocycles. The molecule has 16 heavy (non-hydrogen) atoms. The van der Waals surface area contributed by atoms with E-state index in [1.54, 1.807) is 7.11 Å². The first kappa shape index (κ1) is 11.8. The van der Waals surface area contributed by atoms with Crippen LogP contribution in [0.25, 0.3) is 0 Å². The SMILES string of the molecule is COCc1nsc(N[C@H](C)[C@H]2CCCO2)n1. The van der Waals surface area contributed by atoms with Gasteiger partial charge in [-0.3, -0.25) is 0 Å². The summed E-state index contributed by atoms with van der Waals surface area (Å²) >= 11 is 1.37. The first-order valence-corrected chi connectivity index (χ1v) is 6.26. The van der Waals surface area contributed by atoms with Crippen molar-refractivity contribution in [2.24, 2.45) is 0 Å². The Morgan fingerprint density at radius 3 is 3.25 bits per heavy atom. The standard InChI is InChI=1S/C10H17N3O2S/c1-7(8-4-3-5-15-8)11-10-12-9(6-14-2)13-16-10/h7-8H,3-6H2,1-2H3,(H,11,12,13)/t7-,8-/m1/s1. The highest BCUT2D eigenvalue weighted by molar-refractivity contribution is 7.09. The van der Waals surface area contributed by atoms with Crippen molar-refractivity contribution in [3.05, 3.63) is 5.82 Å². The van der Waals surface area contributed by atoms with Crippen molar-refractivity contribution in [1.82, 2.24) is 9.36 Å². The van der Waals surface area contributed by atoms with E-state index in [0.29, 0.717) is 12.7 Å². The van der Waals surface area contributed by atoms with Gasteiger partial charge in [0.1, 0.15) is 6.61 Å². The number of methoxy groups -OCH3 is 1. The van der Waals surface area contributed by atoms with E-state index in [2.05, 4.69) is 21.6 Å². The minimum Gasteiger partial charge on any atom is -0.377 e. The Balaban J connectivity index is 1.87. The number of aromatic nitrogens is 2. The molecule has 1 N–H and O–H groups in total. The molecular weight excluding hydrogens is 226 g/mol. The maximum Gasteiger partial charge on any atom is 0.202 e. The van der Waals surface area contributed by atoms with Crippen molar-refractivity contribution in [3.63, 3.8) is 0 Å². The van der Waals surface area contributed by atoms with Crippen LogP contribution in [0, 0.1) is 0 Å². The molecule has 0 radical (unpaired) electrons. The molecule has 2 rings (SSSR count). The molecule has 1 saturated heterocycles. The quantitative estimate of drug-likeness (QED) is 0.852. The van der Waals surface area contributed by atoms with Gasteiger partial charge in [0.25, 0.3) is 0 Å². The molecule has 5 nitrogen and oxygen atoms in total. The molecule has 1 aliphatic heterocycles. The van der Waals surface area contributed by atoms with Gasteiger partial charge in [-0.1, -0.05) is 0 Å². The van der Waals surface area contributed by atoms with Crippen LogP contribution in [0.3, 0.4) is 0 Å². The van der Waals surface area contributed by atoms with Crippen LogP contribution in [0.5, 0.6) is 0 Å². The van der Waals surface area contributed by atoms with Crippen LogP contribution in [0.2, 0.25) is 0 Å². The third kappa shape index (κ3) is 2.90. The van der Waals surface area contributed by atoms with Crippen LogP contribution >= 0.6 is 11.5 Å². The Labute approximate surface area is 99.3 Å². The Morgan fingerprint density at radius 2 is 2.56 bits per heavy atom. The van der Waals surface area contributed by atoms with E-state index < -0.39 is 0 Å². The molecule has 0 amide bonds. The second-order valence-corrected chi connectivity index (χ2v) is 4.69. The molecule has 1 aliphatic rings. The van der Waals surface area contributed by atoms with E-state index in [0.717, 1.165) is 30.4 Å². The van der Waals surface area contributed by atoms with Crippen molar-refractivity contribution >= 4 is 16.7 Å². The van der Waals surface area contributed by atoms with Gasteiger partial charge in [0, 0.05) is 25.2 Å². The van der Waals surface area contributed by atoms with Crippen LogP contribution in [0.15, 0.2) is 0 Å². The van der Waals surface area contributed by atoms with Crippen molar-refractivity contribution in [3.8, 4) is 0 Å². The van der Waals surface area contributed by atoms with Crippen LogP contribution in [-0.2, 0) is 16.1 Å². The number of hydrogen-bond donors (Lipinski definition) is 1. The Bertz CT molecular complexity index is 326. The van der Waals surface area contributed by atoms with Gasteiger partial charge < -0.3 is 14.8 Å². The Hall–Kier alpha value is -0.720. The predicted molar refractivity (Wildman–Crippen MR) is 62.7 cm³/mol. The Kier molecular flexibility index (Phi) is 4.09. The molecule has 1 fully saturated rings. The molecular formula is C10H17N3O2S. The van der Waals surface area contributed by atoms with Crippen molar-refractivity contribution < 1.29 is 9.47 Å². The monoisotopic (exact) mass is 243 g/mol. The van der Waals surface area contributed by atoms with Gasteiger partial charge in [-0.05, 0) is 19.8 Å². The largest absolute Gasteiger partial charge is 0.377 e. The number of nitrogens with zero attached hydrogens (tertiary/aromatic N) is 2. The summed E-state index contributed by atoms with van der Waals surface area (Å²) in [5, 5.41) is 4.17. The van der Waals surface area contributed by atoms with Crippen LogP contribution in [-0.4, -0.2) is 35.2 Å². The van der Waals surface area contributed by atoms with Gasteiger partial charge in [0.05, 0.1) is 12.1 Å². The fourth-order valence-electron chi connectivity index (χ4n) is 1.78. The number of hydrogen-bond acceptors (Lipinski definition) is 6. The summed E-state index contributed by atoms with van der Waals surface area (Å²) in [6.45, 7) is 3.46. The fraction of sp³-hybridized carbons (Fsp3) is 0.800. The normalized spacial score (nSPS) is 22.2. The van der Waals surface area contributed by atoms with Crippen molar-refractivity contribution in [1.29, 1.82) is 0 Å². The zero-order chi connectivity index (χ0) is 11.4. The lowest BCUT2D eigenvalue weighted by molar-refractivity contribution is 0.0996. The molecule has 90 valence electrons. The van der Waals surface area contributed by atoms with Crippen LogP contribution in [0.1, 0.15) is 25.6 Å². The highest BCUT2D eigenvalue weighted by atomic mass is 32.1. The van der Waals surface area contributed by atoms with E-state index in [1.165, 1.54) is 11.5 Å². The van der Waals surface area contributed by atoms with E-state index in [-0.39, 0.29) is 6.04 Å². The summed E-state index contributed by atoms with van der Waals surface area (Å²) in [7, 11) is 1.64. The minimum atomic E-state index is 0.283. The minimum absolute atomic E-state index is 0.283. The second-order valence-electron chi connectivity index (χ2n) is 3.93.